The third kappa shape index (κ3) is 3.28. The van der Waals surface area contributed by atoms with E-state index in [1.807, 2.05) is 4.98 Å². The van der Waals surface area contributed by atoms with Gasteiger partial charge < -0.3 is 9.72 Å². The summed E-state index contributed by atoms with van der Waals surface area (Å²) in [5.74, 6) is -26.6. The minimum Gasteiger partial charge on any atom is -0.461 e. The summed E-state index contributed by atoms with van der Waals surface area (Å²) in [6.45, 7) is 0.899. The summed E-state index contributed by atoms with van der Waals surface area (Å²) in [4.78, 5) is 14.1. The standard InChI is InChI=1S/C19H7F10NO2/c1-2-32-19(31)18-5(7-10(22)14(26)17(29)15(27)11(7)23)4(3-30-18)6-8(20)12(24)16(28)13(25)9(6)21/h3,30H,2H2,1H3. The number of rotatable bonds is 4. The Morgan fingerprint density at radius 2 is 1.03 bits per heavy atom. The molecule has 1 heterocycles. The van der Waals surface area contributed by atoms with Crippen molar-refractivity contribution < 1.29 is 53.4 Å². The van der Waals surface area contributed by atoms with Crippen LogP contribution in [0.15, 0.2) is 6.20 Å². The van der Waals surface area contributed by atoms with Crippen LogP contribution in [-0.4, -0.2) is 17.6 Å². The molecule has 0 aliphatic rings. The Hall–Kier alpha value is -3.51. The molecule has 1 aromatic heterocycles. The smallest absolute Gasteiger partial charge is 0.355 e. The number of nitrogens with one attached hydrogen (secondary N) is 1. The van der Waals surface area contributed by atoms with Gasteiger partial charge in [-0.05, 0) is 6.92 Å². The van der Waals surface area contributed by atoms with Crippen molar-refractivity contribution in [3.05, 3.63) is 70.1 Å². The van der Waals surface area contributed by atoms with Crippen LogP contribution in [0, 0.1) is 58.2 Å². The molecular formula is C19H7F10NO2. The molecule has 0 aliphatic carbocycles. The summed E-state index contributed by atoms with van der Waals surface area (Å²) in [5, 5.41) is 0. The monoisotopic (exact) mass is 471 g/mol. The molecule has 3 aromatic rings. The minimum atomic E-state index is -2.59. The molecule has 0 aliphatic heterocycles. The zero-order chi connectivity index (χ0) is 24.1. The fourth-order valence-electron chi connectivity index (χ4n) is 2.91. The Balaban J connectivity index is 2.52. The number of benzene rings is 2. The van der Waals surface area contributed by atoms with Crippen molar-refractivity contribution in [2.45, 2.75) is 6.92 Å². The van der Waals surface area contributed by atoms with Gasteiger partial charge in [0.25, 0.3) is 0 Å². The van der Waals surface area contributed by atoms with E-state index in [1.54, 1.807) is 0 Å². The molecule has 0 amide bonds. The van der Waals surface area contributed by atoms with E-state index >= 15 is 0 Å². The van der Waals surface area contributed by atoms with Gasteiger partial charge in [0.15, 0.2) is 46.5 Å². The van der Waals surface area contributed by atoms with Gasteiger partial charge in [-0.15, -0.1) is 0 Å². The lowest BCUT2D eigenvalue weighted by Crippen LogP contribution is -2.10. The molecule has 0 atom stereocenters. The lowest BCUT2D eigenvalue weighted by atomic mass is 9.94. The fraction of sp³-hybridized carbons (Fsp3) is 0.105. The van der Waals surface area contributed by atoms with E-state index in [2.05, 4.69) is 4.74 Å². The van der Waals surface area contributed by atoms with Gasteiger partial charge in [0, 0.05) is 17.3 Å². The van der Waals surface area contributed by atoms with Gasteiger partial charge in [-0.1, -0.05) is 0 Å². The second-order valence-corrected chi connectivity index (χ2v) is 6.06. The van der Waals surface area contributed by atoms with Crippen LogP contribution in [0.2, 0.25) is 0 Å². The van der Waals surface area contributed by atoms with Gasteiger partial charge in [-0.25, -0.2) is 48.7 Å². The number of aromatic amines is 1. The first-order chi connectivity index (χ1) is 14.9. The average molecular weight is 471 g/mol. The highest BCUT2D eigenvalue weighted by atomic mass is 19.2. The molecule has 0 saturated heterocycles. The van der Waals surface area contributed by atoms with Crippen molar-refractivity contribution >= 4 is 5.97 Å². The summed E-state index contributed by atoms with van der Waals surface area (Å²) >= 11 is 0. The van der Waals surface area contributed by atoms with Crippen molar-refractivity contribution in [2.75, 3.05) is 6.61 Å². The molecule has 1 N–H and O–H groups in total. The Labute approximate surface area is 171 Å². The van der Waals surface area contributed by atoms with Gasteiger partial charge in [-0.2, -0.15) is 0 Å². The molecule has 13 heteroatoms. The quantitative estimate of drug-likeness (QED) is 0.222. The maximum atomic E-state index is 14.4. The van der Waals surface area contributed by atoms with E-state index in [9.17, 15) is 48.7 Å². The van der Waals surface area contributed by atoms with E-state index in [4.69, 9.17) is 0 Å². The zero-order valence-corrected chi connectivity index (χ0v) is 15.4. The number of H-pyrrole nitrogens is 1. The lowest BCUT2D eigenvalue weighted by Gasteiger charge is -2.13. The maximum absolute atomic E-state index is 14.4. The summed E-state index contributed by atoms with van der Waals surface area (Å²) in [7, 11) is 0. The third-order valence-electron chi connectivity index (χ3n) is 4.30. The van der Waals surface area contributed by atoms with Crippen LogP contribution >= 0.6 is 0 Å². The molecule has 3 rings (SSSR count). The van der Waals surface area contributed by atoms with Crippen LogP contribution < -0.4 is 0 Å². The summed E-state index contributed by atoms with van der Waals surface area (Å²) in [6, 6.07) is 0. The predicted octanol–water partition coefficient (Wildman–Crippen LogP) is 5.92. The number of ether oxygens (including phenoxy) is 1. The van der Waals surface area contributed by atoms with Gasteiger partial charge in [0.05, 0.1) is 17.7 Å². The van der Waals surface area contributed by atoms with Crippen molar-refractivity contribution in [1.82, 2.24) is 4.98 Å². The number of halogens is 10. The average Bonchev–Trinajstić information content (AvgIpc) is 3.18. The maximum Gasteiger partial charge on any atom is 0.355 e. The summed E-state index contributed by atoms with van der Waals surface area (Å²) in [6.07, 6.45) is 0.387. The Morgan fingerprint density at radius 3 is 1.44 bits per heavy atom. The van der Waals surface area contributed by atoms with Crippen LogP contribution in [-0.2, 0) is 4.74 Å². The van der Waals surface area contributed by atoms with Crippen LogP contribution in [0.5, 0.6) is 0 Å². The van der Waals surface area contributed by atoms with Crippen molar-refractivity contribution in [3.63, 3.8) is 0 Å². The largest absolute Gasteiger partial charge is 0.461 e. The minimum absolute atomic E-state index is 0.369. The van der Waals surface area contributed by atoms with E-state index < -0.39 is 92.1 Å². The molecule has 0 saturated carbocycles. The molecule has 170 valence electrons. The SMILES string of the molecule is CCOC(=O)c1[nH]cc(-c2c(F)c(F)c(F)c(F)c2F)c1-c1c(F)c(F)c(F)c(F)c1F. The van der Waals surface area contributed by atoms with E-state index in [0.29, 0.717) is 6.20 Å². The normalized spacial score (nSPS) is 11.2. The van der Waals surface area contributed by atoms with Crippen molar-refractivity contribution in [1.29, 1.82) is 0 Å². The molecular weight excluding hydrogens is 464 g/mol. The first-order valence-corrected chi connectivity index (χ1v) is 8.37. The van der Waals surface area contributed by atoms with Crippen LogP contribution in [0.1, 0.15) is 17.4 Å². The summed E-state index contributed by atoms with van der Waals surface area (Å²) in [5.41, 5.74) is -7.35. The predicted molar refractivity (Wildman–Crippen MR) is 87.2 cm³/mol. The molecule has 0 bridgehead atoms. The molecule has 2 aromatic carbocycles. The molecule has 0 radical (unpaired) electrons. The van der Waals surface area contributed by atoms with Gasteiger partial charge in [0.2, 0.25) is 11.6 Å². The molecule has 0 unspecified atom stereocenters. The molecule has 32 heavy (non-hydrogen) atoms. The number of aromatic nitrogens is 1. The van der Waals surface area contributed by atoms with E-state index in [1.165, 1.54) is 6.92 Å². The second kappa shape index (κ2) is 8.20. The summed E-state index contributed by atoms with van der Waals surface area (Å²) < 4.78 is 144. The van der Waals surface area contributed by atoms with Crippen molar-refractivity contribution in [2.24, 2.45) is 0 Å². The fourth-order valence-corrected chi connectivity index (χ4v) is 2.91. The van der Waals surface area contributed by atoms with Crippen LogP contribution in [0.25, 0.3) is 22.3 Å². The number of hydrogen-bond donors (Lipinski definition) is 1. The first kappa shape index (κ1) is 23.2. The number of carbonyl (C=O) groups excluding carboxylic acids is 1. The number of hydrogen-bond acceptors (Lipinski definition) is 2. The van der Waals surface area contributed by atoms with Gasteiger partial charge >= 0.3 is 5.97 Å². The van der Waals surface area contributed by atoms with Crippen molar-refractivity contribution in [3.8, 4) is 22.3 Å². The highest BCUT2D eigenvalue weighted by Crippen LogP contribution is 2.43. The zero-order valence-electron chi connectivity index (χ0n) is 15.4. The van der Waals surface area contributed by atoms with E-state index in [-0.39, 0.29) is 6.61 Å². The molecule has 3 nitrogen and oxygen atoms in total. The third-order valence-corrected chi connectivity index (χ3v) is 4.30. The van der Waals surface area contributed by atoms with E-state index in [0.717, 1.165) is 0 Å². The highest BCUT2D eigenvalue weighted by molar-refractivity contribution is 6.01. The van der Waals surface area contributed by atoms with Crippen LogP contribution in [0.4, 0.5) is 43.9 Å². The Morgan fingerprint density at radius 1 is 0.656 bits per heavy atom. The van der Waals surface area contributed by atoms with Gasteiger partial charge in [-0.3, -0.25) is 0 Å². The molecule has 0 spiro atoms. The highest BCUT2D eigenvalue weighted by Gasteiger charge is 2.35. The first-order valence-electron chi connectivity index (χ1n) is 8.37. The number of carbonyl (C=O) groups is 1. The second-order valence-electron chi connectivity index (χ2n) is 6.06. The Bertz CT molecular complexity index is 1210. The molecule has 0 fully saturated rings. The van der Waals surface area contributed by atoms with Crippen LogP contribution in [0.3, 0.4) is 0 Å². The Kier molecular flexibility index (Phi) is 5.94. The van der Waals surface area contributed by atoms with Gasteiger partial charge in [0.1, 0.15) is 5.69 Å². The topological polar surface area (TPSA) is 42.1 Å². The number of esters is 1. The lowest BCUT2D eigenvalue weighted by molar-refractivity contribution is 0.0521.